The first-order valence-electron chi connectivity index (χ1n) is 6.80. The number of alkyl halides is 1. The largest absolute Gasteiger partial charge is 0.327 e. The lowest BCUT2D eigenvalue weighted by Gasteiger charge is -2.13. The molecule has 2 rings (SSSR count). The Kier molecular flexibility index (Phi) is 5.02. The number of halogens is 1. The van der Waals surface area contributed by atoms with E-state index in [0.717, 1.165) is 23.3 Å². The van der Waals surface area contributed by atoms with Crippen LogP contribution in [0.2, 0.25) is 0 Å². The molecular formula is C15H18ClN3OS. The summed E-state index contributed by atoms with van der Waals surface area (Å²) < 4.78 is 13.5. The summed E-state index contributed by atoms with van der Waals surface area (Å²) in [6.45, 7) is 4.55. The van der Waals surface area contributed by atoms with Crippen molar-refractivity contribution >= 4 is 33.4 Å². The van der Waals surface area contributed by atoms with E-state index in [2.05, 4.69) is 11.1 Å². The minimum absolute atomic E-state index is 0.111. The molecule has 1 aromatic carbocycles. The second-order valence-electron chi connectivity index (χ2n) is 5.15. The van der Waals surface area contributed by atoms with Gasteiger partial charge in [-0.2, -0.15) is 5.26 Å². The van der Waals surface area contributed by atoms with Crippen LogP contribution in [-0.4, -0.2) is 25.3 Å². The number of hydrogen-bond donors (Lipinski definition) is 0. The van der Waals surface area contributed by atoms with E-state index < -0.39 is 10.8 Å². The highest BCUT2D eigenvalue weighted by atomic mass is 35.5. The molecule has 3 atom stereocenters. The molecule has 0 amide bonds. The third-order valence-corrected chi connectivity index (χ3v) is 5.15. The maximum absolute atomic E-state index is 11.5. The fourth-order valence-corrected chi connectivity index (χ4v) is 2.83. The lowest BCUT2D eigenvalue weighted by Crippen LogP contribution is -2.14. The van der Waals surface area contributed by atoms with Crippen molar-refractivity contribution in [2.45, 2.75) is 37.4 Å². The van der Waals surface area contributed by atoms with Crippen LogP contribution in [0.15, 0.2) is 18.2 Å². The quantitative estimate of drug-likeness (QED) is 0.793. The third-order valence-electron chi connectivity index (χ3n) is 3.59. The molecule has 2 aromatic rings. The molecule has 21 heavy (non-hydrogen) atoms. The van der Waals surface area contributed by atoms with Gasteiger partial charge < -0.3 is 4.57 Å². The number of fused-ring (bicyclic) bond motifs is 1. The third kappa shape index (κ3) is 3.45. The van der Waals surface area contributed by atoms with Crippen LogP contribution in [0.4, 0.5) is 0 Å². The molecule has 0 spiro atoms. The topological polar surface area (TPSA) is 58.7 Å². The second-order valence-corrected chi connectivity index (χ2v) is 7.61. The molecular weight excluding hydrogens is 306 g/mol. The fourth-order valence-electron chi connectivity index (χ4n) is 2.23. The van der Waals surface area contributed by atoms with E-state index in [4.69, 9.17) is 16.9 Å². The normalized spacial score (nSPS) is 15.6. The van der Waals surface area contributed by atoms with Crippen molar-refractivity contribution in [3.63, 3.8) is 0 Å². The first-order chi connectivity index (χ1) is 9.93. The molecule has 6 heteroatoms. The summed E-state index contributed by atoms with van der Waals surface area (Å²) >= 11 is 6.22. The van der Waals surface area contributed by atoms with E-state index in [1.54, 1.807) is 12.3 Å². The molecule has 0 bridgehead atoms. The first-order valence-corrected chi connectivity index (χ1v) is 8.86. The zero-order valence-electron chi connectivity index (χ0n) is 12.3. The minimum Gasteiger partial charge on any atom is -0.327 e. The Bertz CT molecular complexity index is 718. The lowest BCUT2D eigenvalue weighted by atomic mass is 10.2. The summed E-state index contributed by atoms with van der Waals surface area (Å²) in [5, 5.41) is 8.94. The summed E-state index contributed by atoms with van der Waals surface area (Å²) in [6.07, 6.45) is 2.50. The fraction of sp³-hybridized carbons (Fsp3) is 0.467. The van der Waals surface area contributed by atoms with Gasteiger partial charge in [0.1, 0.15) is 5.82 Å². The molecule has 0 saturated heterocycles. The smallest absolute Gasteiger partial charge is 0.127 e. The van der Waals surface area contributed by atoms with Gasteiger partial charge in [-0.15, -0.1) is 11.6 Å². The Morgan fingerprint density at radius 3 is 2.76 bits per heavy atom. The maximum Gasteiger partial charge on any atom is 0.127 e. The average Bonchev–Trinajstić information content (AvgIpc) is 2.82. The Balaban J connectivity index is 2.45. The second kappa shape index (κ2) is 6.59. The first kappa shape index (κ1) is 16.0. The SMILES string of the molecule is CC(Cl)c1nc2ccc(C#N)cc2n1CCC(C)S(C)=O. The molecule has 112 valence electrons. The predicted octanol–water partition coefficient (Wildman–Crippen LogP) is 3.36. The van der Waals surface area contributed by atoms with Crippen molar-refractivity contribution in [2.75, 3.05) is 6.26 Å². The highest BCUT2D eigenvalue weighted by molar-refractivity contribution is 7.84. The van der Waals surface area contributed by atoms with Gasteiger partial charge in [0.05, 0.1) is 28.0 Å². The molecule has 1 aromatic heterocycles. The van der Waals surface area contributed by atoms with Gasteiger partial charge >= 0.3 is 0 Å². The number of rotatable bonds is 5. The predicted molar refractivity (Wildman–Crippen MR) is 86.9 cm³/mol. The number of aromatic nitrogens is 2. The van der Waals surface area contributed by atoms with E-state index >= 15 is 0 Å². The van der Waals surface area contributed by atoms with Crippen molar-refractivity contribution in [2.24, 2.45) is 0 Å². The van der Waals surface area contributed by atoms with E-state index in [-0.39, 0.29) is 10.6 Å². The molecule has 3 unspecified atom stereocenters. The number of nitriles is 1. The Hall–Kier alpha value is -1.38. The van der Waals surface area contributed by atoms with Gasteiger partial charge in [0.25, 0.3) is 0 Å². The summed E-state index contributed by atoms with van der Waals surface area (Å²) in [6, 6.07) is 7.58. The van der Waals surface area contributed by atoms with Crippen LogP contribution >= 0.6 is 11.6 Å². The van der Waals surface area contributed by atoms with Gasteiger partial charge in [0.15, 0.2) is 0 Å². The minimum atomic E-state index is -0.848. The van der Waals surface area contributed by atoms with E-state index in [0.29, 0.717) is 12.1 Å². The molecule has 0 fully saturated rings. The number of hydrogen-bond acceptors (Lipinski definition) is 3. The van der Waals surface area contributed by atoms with Crippen LogP contribution in [0, 0.1) is 11.3 Å². The van der Waals surface area contributed by atoms with Crippen molar-refractivity contribution in [1.82, 2.24) is 9.55 Å². The average molecular weight is 324 g/mol. The summed E-state index contributed by atoms with van der Waals surface area (Å²) in [5.74, 6) is 0.788. The van der Waals surface area contributed by atoms with Crippen molar-refractivity contribution < 1.29 is 4.21 Å². The number of aryl methyl sites for hydroxylation is 1. The van der Waals surface area contributed by atoms with Crippen LogP contribution in [0.1, 0.15) is 37.0 Å². The van der Waals surface area contributed by atoms with Gasteiger partial charge in [0.2, 0.25) is 0 Å². The maximum atomic E-state index is 11.5. The van der Waals surface area contributed by atoms with Gasteiger partial charge in [-0.25, -0.2) is 4.98 Å². The number of benzene rings is 1. The molecule has 0 aliphatic carbocycles. The van der Waals surface area contributed by atoms with Crippen LogP contribution in [0.25, 0.3) is 11.0 Å². The summed E-state index contributed by atoms with van der Waals surface area (Å²) in [7, 11) is -0.848. The van der Waals surface area contributed by atoms with E-state index in [9.17, 15) is 4.21 Å². The highest BCUT2D eigenvalue weighted by Gasteiger charge is 2.16. The summed E-state index contributed by atoms with van der Waals surface area (Å²) in [4.78, 5) is 4.56. The van der Waals surface area contributed by atoms with Gasteiger partial charge in [-0.3, -0.25) is 4.21 Å². The van der Waals surface area contributed by atoms with Crippen molar-refractivity contribution in [3.05, 3.63) is 29.6 Å². The molecule has 0 saturated carbocycles. The molecule has 0 radical (unpaired) electrons. The monoisotopic (exact) mass is 323 g/mol. The highest BCUT2D eigenvalue weighted by Crippen LogP contribution is 2.26. The molecule has 0 aliphatic heterocycles. The Morgan fingerprint density at radius 2 is 2.19 bits per heavy atom. The van der Waals surface area contributed by atoms with E-state index in [1.165, 1.54) is 0 Å². The standard InChI is InChI=1S/C15H18ClN3OS/c1-10(21(3)20)6-7-19-14-8-12(9-17)4-5-13(14)18-15(19)11(2)16/h4-5,8,10-11H,6-7H2,1-3H3. The van der Waals surface area contributed by atoms with Crippen LogP contribution < -0.4 is 0 Å². The molecule has 0 aliphatic rings. The lowest BCUT2D eigenvalue weighted by molar-refractivity contribution is 0.608. The molecule has 4 nitrogen and oxygen atoms in total. The van der Waals surface area contributed by atoms with Gasteiger partial charge in [-0.1, -0.05) is 6.92 Å². The summed E-state index contributed by atoms with van der Waals surface area (Å²) in [5.41, 5.74) is 2.34. The zero-order chi connectivity index (χ0) is 15.6. The van der Waals surface area contributed by atoms with Crippen LogP contribution in [0.5, 0.6) is 0 Å². The van der Waals surface area contributed by atoms with Crippen LogP contribution in [-0.2, 0) is 17.3 Å². The Morgan fingerprint density at radius 1 is 1.48 bits per heavy atom. The Labute approximate surface area is 132 Å². The molecule has 1 heterocycles. The van der Waals surface area contributed by atoms with Gasteiger partial charge in [0, 0.05) is 28.9 Å². The number of nitrogens with zero attached hydrogens (tertiary/aromatic N) is 3. The molecule has 0 N–H and O–H groups in total. The van der Waals surface area contributed by atoms with Crippen LogP contribution in [0.3, 0.4) is 0 Å². The van der Waals surface area contributed by atoms with E-state index in [1.807, 2.05) is 30.5 Å². The van der Waals surface area contributed by atoms with Gasteiger partial charge in [-0.05, 0) is 31.5 Å². The van der Waals surface area contributed by atoms with Crippen molar-refractivity contribution in [1.29, 1.82) is 5.26 Å². The van der Waals surface area contributed by atoms with Crippen molar-refractivity contribution in [3.8, 4) is 6.07 Å². The zero-order valence-corrected chi connectivity index (χ0v) is 13.9. The number of imidazole rings is 1.